The van der Waals surface area contributed by atoms with Crippen molar-refractivity contribution < 1.29 is 4.79 Å². The Balaban J connectivity index is 1.73. The maximum absolute atomic E-state index is 12.8. The van der Waals surface area contributed by atoms with E-state index in [0.29, 0.717) is 18.2 Å². The summed E-state index contributed by atoms with van der Waals surface area (Å²) in [6, 6.07) is 14.9. The number of carbonyl (C=O) groups excluding carboxylic acids is 1. The molecule has 0 aliphatic heterocycles. The maximum atomic E-state index is 12.8. The van der Waals surface area contributed by atoms with Crippen molar-refractivity contribution in [2.75, 3.05) is 6.54 Å². The summed E-state index contributed by atoms with van der Waals surface area (Å²) in [5, 5.41) is 3.11. The summed E-state index contributed by atoms with van der Waals surface area (Å²) >= 11 is 0. The molecule has 0 saturated heterocycles. The topological polar surface area (TPSA) is 46.9 Å². The molecule has 0 saturated carbocycles. The first kappa shape index (κ1) is 21.8. The molecule has 1 aromatic heterocycles. The highest BCUT2D eigenvalue weighted by atomic mass is 16.1. The molecule has 30 heavy (non-hydrogen) atoms. The van der Waals surface area contributed by atoms with Gasteiger partial charge in [-0.25, -0.2) is 4.98 Å². The quantitative estimate of drug-likeness (QED) is 0.469. The van der Waals surface area contributed by atoms with Crippen LogP contribution in [0.3, 0.4) is 0 Å². The number of benzene rings is 2. The van der Waals surface area contributed by atoms with Gasteiger partial charge in [-0.05, 0) is 49.4 Å². The number of rotatable bonds is 9. The highest BCUT2D eigenvalue weighted by Gasteiger charge is 2.15. The molecule has 0 spiro atoms. The van der Waals surface area contributed by atoms with Gasteiger partial charge in [-0.2, -0.15) is 0 Å². The second-order valence-electron chi connectivity index (χ2n) is 8.20. The fourth-order valence-electron chi connectivity index (χ4n) is 3.90. The van der Waals surface area contributed by atoms with Crippen molar-refractivity contribution in [3.8, 4) is 16.8 Å². The molecular weight excluding hydrogens is 370 g/mol. The lowest BCUT2D eigenvalue weighted by atomic mass is 9.99. The predicted octanol–water partition coefficient (Wildman–Crippen LogP) is 6.10. The third-order valence-corrected chi connectivity index (χ3v) is 5.67. The van der Waals surface area contributed by atoms with Crippen LogP contribution in [0.25, 0.3) is 16.8 Å². The van der Waals surface area contributed by atoms with Gasteiger partial charge in [-0.3, -0.25) is 9.36 Å². The average molecular weight is 404 g/mol. The lowest BCUT2D eigenvalue weighted by Crippen LogP contribution is -2.30. The van der Waals surface area contributed by atoms with Gasteiger partial charge in [-0.1, -0.05) is 74.6 Å². The van der Waals surface area contributed by atoms with Crippen molar-refractivity contribution >= 4 is 5.91 Å². The predicted molar refractivity (Wildman–Crippen MR) is 124 cm³/mol. The molecule has 0 bridgehead atoms. The summed E-state index contributed by atoms with van der Waals surface area (Å²) in [5.41, 5.74) is 6.39. The number of nitrogens with zero attached hydrogens (tertiary/aromatic N) is 2. The third kappa shape index (κ3) is 5.38. The Morgan fingerprint density at radius 2 is 1.73 bits per heavy atom. The first-order chi connectivity index (χ1) is 14.5. The standard InChI is InChI=1S/C26H33N3O/c1-5-7-8-21(6-2)16-28-26(30)25-17-27-18-29(25)24-11-9-22(10-12-24)23-14-19(3)13-20(4)15-23/h9-15,17-18,21H,5-8,16H2,1-4H3,(H,28,30). The zero-order valence-corrected chi connectivity index (χ0v) is 18.6. The van der Waals surface area contributed by atoms with Gasteiger partial charge in [0.15, 0.2) is 0 Å². The molecule has 1 N–H and O–H groups in total. The van der Waals surface area contributed by atoms with E-state index in [0.717, 1.165) is 18.5 Å². The normalized spacial score (nSPS) is 12.0. The van der Waals surface area contributed by atoms with Crippen LogP contribution in [0.15, 0.2) is 55.0 Å². The average Bonchev–Trinajstić information content (AvgIpc) is 3.23. The van der Waals surface area contributed by atoms with E-state index in [4.69, 9.17) is 0 Å². The highest BCUT2D eigenvalue weighted by molar-refractivity contribution is 5.93. The second kappa shape index (κ2) is 10.2. The molecule has 1 unspecified atom stereocenters. The fourth-order valence-corrected chi connectivity index (χ4v) is 3.90. The van der Waals surface area contributed by atoms with Crippen LogP contribution in [0.5, 0.6) is 0 Å². The van der Waals surface area contributed by atoms with Crippen molar-refractivity contribution in [1.29, 1.82) is 0 Å². The zero-order valence-electron chi connectivity index (χ0n) is 18.6. The molecule has 2 aromatic carbocycles. The largest absolute Gasteiger partial charge is 0.350 e. The molecular formula is C26H33N3O. The SMILES string of the molecule is CCCCC(CC)CNC(=O)c1cncn1-c1ccc(-c2cc(C)cc(C)c2)cc1. The zero-order chi connectivity index (χ0) is 21.5. The van der Waals surface area contributed by atoms with E-state index >= 15 is 0 Å². The summed E-state index contributed by atoms with van der Waals surface area (Å²) in [6.45, 7) is 9.34. The maximum Gasteiger partial charge on any atom is 0.269 e. The summed E-state index contributed by atoms with van der Waals surface area (Å²) in [6.07, 6.45) is 7.98. The molecule has 4 nitrogen and oxygen atoms in total. The molecule has 0 aliphatic carbocycles. The number of hydrogen-bond donors (Lipinski definition) is 1. The number of unbranched alkanes of at least 4 members (excludes halogenated alkanes) is 1. The van der Waals surface area contributed by atoms with Gasteiger partial charge in [0.05, 0.1) is 12.5 Å². The smallest absolute Gasteiger partial charge is 0.269 e. The summed E-state index contributed by atoms with van der Waals surface area (Å²) in [5.74, 6) is 0.461. The number of nitrogens with one attached hydrogen (secondary N) is 1. The summed E-state index contributed by atoms with van der Waals surface area (Å²) < 4.78 is 1.85. The molecule has 1 amide bonds. The summed E-state index contributed by atoms with van der Waals surface area (Å²) in [4.78, 5) is 17.0. The molecule has 3 rings (SSSR count). The van der Waals surface area contributed by atoms with Gasteiger partial charge in [0, 0.05) is 12.2 Å². The number of amides is 1. The number of imidazole rings is 1. The van der Waals surface area contributed by atoms with Crippen molar-refractivity contribution in [2.24, 2.45) is 5.92 Å². The van der Waals surface area contributed by atoms with E-state index in [9.17, 15) is 4.79 Å². The molecule has 1 heterocycles. The van der Waals surface area contributed by atoms with Crippen LogP contribution in [-0.2, 0) is 0 Å². The van der Waals surface area contributed by atoms with Gasteiger partial charge in [0.2, 0.25) is 0 Å². The Hall–Kier alpha value is -2.88. The van der Waals surface area contributed by atoms with E-state index in [1.54, 1.807) is 12.5 Å². The van der Waals surface area contributed by atoms with E-state index in [1.165, 1.54) is 35.1 Å². The molecule has 1 atom stereocenters. The third-order valence-electron chi connectivity index (χ3n) is 5.67. The number of hydrogen-bond acceptors (Lipinski definition) is 2. The van der Waals surface area contributed by atoms with E-state index in [-0.39, 0.29) is 5.91 Å². The van der Waals surface area contributed by atoms with Gasteiger partial charge in [0.1, 0.15) is 5.69 Å². The van der Waals surface area contributed by atoms with Crippen LogP contribution < -0.4 is 5.32 Å². The van der Waals surface area contributed by atoms with Crippen molar-refractivity contribution in [3.63, 3.8) is 0 Å². The molecule has 0 fully saturated rings. The first-order valence-corrected chi connectivity index (χ1v) is 11.0. The molecule has 0 aliphatic rings. The first-order valence-electron chi connectivity index (χ1n) is 11.0. The van der Waals surface area contributed by atoms with Crippen molar-refractivity contribution in [2.45, 2.75) is 53.4 Å². The lowest BCUT2D eigenvalue weighted by Gasteiger charge is -2.16. The van der Waals surface area contributed by atoms with Gasteiger partial charge < -0.3 is 5.32 Å². The molecule has 0 radical (unpaired) electrons. The Morgan fingerprint density at radius 3 is 2.37 bits per heavy atom. The Bertz CT molecular complexity index is 952. The minimum atomic E-state index is -0.0687. The summed E-state index contributed by atoms with van der Waals surface area (Å²) in [7, 11) is 0. The molecule has 158 valence electrons. The Labute approximate surface area is 180 Å². The van der Waals surface area contributed by atoms with Crippen LogP contribution in [0.1, 0.15) is 61.1 Å². The second-order valence-corrected chi connectivity index (χ2v) is 8.20. The number of carbonyl (C=O) groups is 1. The lowest BCUT2D eigenvalue weighted by molar-refractivity contribution is 0.0939. The highest BCUT2D eigenvalue weighted by Crippen LogP contribution is 2.24. The van der Waals surface area contributed by atoms with Gasteiger partial charge >= 0.3 is 0 Å². The Morgan fingerprint density at radius 1 is 1.03 bits per heavy atom. The van der Waals surface area contributed by atoms with Crippen LogP contribution in [0.2, 0.25) is 0 Å². The van der Waals surface area contributed by atoms with Gasteiger partial charge in [-0.15, -0.1) is 0 Å². The van der Waals surface area contributed by atoms with Crippen LogP contribution in [0.4, 0.5) is 0 Å². The van der Waals surface area contributed by atoms with Crippen LogP contribution in [0, 0.1) is 19.8 Å². The van der Waals surface area contributed by atoms with Crippen molar-refractivity contribution in [1.82, 2.24) is 14.9 Å². The van der Waals surface area contributed by atoms with Crippen LogP contribution in [-0.4, -0.2) is 22.0 Å². The van der Waals surface area contributed by atoms with E-state index in [1.807, 2.05) is 16.7 Å². The monoisotopic (exact) mass is 403 g/mol. The number of aromatic nitrogens is 2. The minimum Gasteiger partial charge on any atom is -0.350 e. The number of aryl methyl sites for hydroxylation is 2. The van der Waals surface area contributed by atoms with Crippen molar-refractivity contribution in [3.05, 3.63) is 71.8 Å². The molecule has 3 aromatic rings. The fraction of sp³-hybridized carbons (Fsp3) is 0.385. The van der Waals surface area contributed by atoms with E-state index in [2.05, 4.69) is 68.3 Å². The van der Waals surface area contributed by atoms with Crippen LogP contribution >= 0.6 is 0 Å². The minimum absolute atomic E-state index is 0.0687. The molecule has 4 heteroatoms. The van der Waals surface area contributed by atoms with Gasteiger partial charge in [0.25, 0.3) is 5.91 Å². The Kier molecular flexibility index (Phi) is 7.45. The van der Waals surface area contributed by atoms with E-state index < -0.39 is 0 Å².